The van der Waals surface area contributed by atoms with Crippen molar-refractivity contribution in [2.75, 3.05) is 14.2 Å². The van der Waals surface area contributed by atoms with Crippen molar-refractivity contribution >= 4 is 16.9 Å². The number of para-hydroxylation sites is 1. The van der Waals surface area contributed by atoms with Gasteiger partial charge in [-0.15, -0.1) is 0 Å². The average Bonchev–Trinajstić information content (AvgIpc) is 2.65. The summed E-state index contributed by atoms with van der Waals surface area (Å²) < 4.78 is 10.5. The first-order chi connectivity index (χ1) is 12.3. The molecule has 134 valence electrons. The molecule has 0 N–H and O–H groups in total. The van der Waals surface area contributed by atoms with Gasteiger partial charge in [0.25, 0.3) is 0 Å². The molecule has 4 nitrogen and oxygen atoms in total. The van der Waals surface area contributed by atoms with Crippen LogP contribution < -0.4 is 4.74 Å². The minimum Gasteiger partial charge on any atom is -0.496 e. The van der Waals surface area contributed by atoms with Crippen LogP contribution in [0.3, 0.4) is 0 Å². The van der Waals surface area contributed by atoms with Crippen LogP contribution in [0.15, 0.2) is 48.5 Å². The fourth-order valence-corrected chi connectivity index (χ4v) is 3.07. The van der Waals surface area contributed by atoms with E-state index >= 15 is 0 Å². The second-order valence-electron chi connectivity index (χ2n) is 7.23. The molecule has 0 saturated heterocycles. The molecule has 3 aromatic rings. The number of benzene rings is 2. The number of rotatable bonds is 3. The number of carbonyl (C=O) groups excluding carboxylic acids is 1. The summed E-state index contributed by atoms with van der Waals surface area (Å²) in [6.07, 6.45) is 0. The van der Waals surface area contributed by atoms with Gasteiger partial charge in [-0.05, 0) is 35.2 Å². The van der Waals surface area contributed by atoms with Crippen molar-refractivity contribution in [3.8, 4) is 17.0 Å². The zero-order chi connectivity index (χ0) is 18.9. The maximum Gasteiger partial charge on any atom is 0.337 e. The molecule has 1 aromatic heterocycles. The number of esters is 1. The Morgan fingerprint density at radius 2 is 1.73 bits per heavy atom. The third-order valence-corrected chi connectivity index (χ3v) is 4.41. The number of fused-ring (bicyclic) bond motifs is 1. The molecule has 2 aromatic carbocycles. The van der Waals surface area contributed by atoms with Gasteiger partial charge in [-0.1, -0.05) is 45.0 Å². The van der Waals surface area contributed by atoms with E-state index in [-0.39, 0.29) is 11.4 Å². The van der Waals surface area contributed by atoms with Gasteiger partial charge in [0.1, 0.15) is 5.75 Å². The van der Waals surface area contributed by atoms with Crippen molar-refractivity contribution in [1.29, 1.82) is 0 Å². The lowest BCUT2D eigenvalue weighted by Gasteiger charge is -2.25. The van der Waals surface area contributed by atoms with Crippen molar-refractivity contribution in [2.24, 2.45) is 0 Å². The molecular weight excluding hydrogens is 326 g/mol. The third kappa shape index (κ3) is 3.27. The number of aromatic nitrogens is 1. The van der Waals surface area contributed by atoms with Crippen molar-refractivity contribution in [3.63, 3.8) is 0 Å². The molecule has 0 aliphatic carbocycles. The molecule has 3 rings (SSSR count). The normalized spacial score (nSPS) is 11.4. The summed E-state index contributed by atoms with van der Waals surface area (Å²) in [5, 5.41) is 1.08. The van der Waals surface area contributed by atoms with Crippen molar-refractivity contribution < 1.29 is 14.3 Å². The van der Waals surface area contributed by atoms with E-state index in [0.717, 1.165) is 27.7 Å². The summed E-state index contributed by atoms with van der Waals surface area (Å²) in [5.41, 5.74) is 3.89. The Bertz CT molecular complexity index is 971. The smallest absolute Gasteiger partial charge is 0.337 e. The van der Waals surface area contributed by atoms with Gasteiger partial charge >= 0.3 is 5.97 Å². The Labute approximate surface area is 153 Å². The van der Waals surface area contributed by atoms with Crippen LogP contribution in [0.4, 0.5) is 0 Å². The van der Waals surface area contributed by atoms with E-state index in [9.17, 15) is 4.79 Å². The summed E-state index contributed by atoms with van der Waals surface area (Å²) in [6, 6.07) is 15.6. The molecule has 0 atom stereocenters. The molecule has 0 bridgehead atoms. The highest BCUT2D eigenvalue weighted by atomic mass is 16.5. The molecule has 0 unspecified atom stereocenters. The molecular formula is C22H23NO3. The van der Waals surface area contributed by atoms with E-state index in [0.29, 0.717) is 11.3 Å². The highest BCUT2D eigenvalue weighted by molar-refractivity contribution is 5.92. The summed E-state index contributed by atoms with van der Waals surface area (Å²) in [6.45, 7) is 6.31. The largest absolute Gasteiger partial charge is 0.496 e. The lowest BCUT2D eigenvalue weighted by Crippen LogP contribution is -2.16. The quantitative estimate of drug-likeness (QED) is 0.625. The van der Waals surface area contributed by atoms with E-state index in [1.165, 1.54) is 7.11 Å². The third-order valence-electron chi connectivity index (χ3n) is 4.41. The van der Waals surface area contributed by atoms with Gasteiger partial charge in [0.15, 0.2) is 0 Å². The van der Waals surface area contributed by atoms with E-state index < -0.39 is 0 Å². The maximum atomic E-state index is 12.1. The van der Waals surface area contributed by atoms with Gasteiger partial charge < -0.3 is 9.47 Å². The van der Waals surface area contributed by atoms with Crippen LogP contribution in [-0.4, -0.2) is 25.2 Å². The number of carbonyl (C=O) groups is 1. The molecule has 0 saturated carbocycles. The van der Waals surface area contributed by atoms with E-state index in [4.69, 9.17) is 14.5 Å². The standard InChI is InChI=1S/C22H23NO3/c1-22(2,3)16-12-15(21(24)26-5)13-19(25-4)20(16)18-11-10-14-8-6-7-9-17(14)23-18/h6-13H,1-5H3. The molecule has 1 heterocycles. The Balaban J connectivity index is 2.31. The fraction of sp³-hybridized carbons (Fsp3) is 0.273. The Morgan fingerprint density at radius 1 is 1.00 bits per heavy atom. The molecule has 0 radical (unpaired) electrons. The number of ether oxygens (including phenoxy) is 2. The number of hydrogen-bond acceptors (Lipinski definition) is 4. The first-order valence-corrected chi connectivity index (χ1v) is 8.52. The SMILES string of the molecule is COC(=O)c1cc(OC)c(-c2ccc3ccccc3n2)c(C(C)(C)C)c1. The monoisotopic (exact) mass is 349 g/mol. The summed E-state index contributed by atoms with van der Waals surface area (Å²) >= 11 is 0. The Morgan fingerprint density at radius 3 is 2.38 bits per heavy atom. The topological polar surface area (TPSA) is 48.4 Å². The highest BCUT2D eigenvalue weighted by Crippen LogP contribution is 2.40. The predicted octanol–water partition coefficient (Wildman–Crippen LogP) is 4.99. The fourth-order valence-electron chi connectivity index (χ4n) is 3.07. The zero-order valence-corrected chi connectivity index (χ0v) is 15.8. The first kappa shape index (κ1) is 17.9. The molecule has 0 spiro atoms. The van der Waals surface area contributed by atoms with Crippen molar-refractivity contribution in [3.05, 3.63) is 59.7 Å². The van der Waals surface area contributed by atoms with E-state index in [1.807, 2.05) is 36.4 Å². The van der Waals surface area contributed by atoms with Crippen molar-refractivity contribution in [2.45, 2.75) is 26.2 Å². The van der Waals surface area contributed by atoms with E-state index in [1.54, 1.807) is 13.2 Å². The second kappa shape index (κ2) is 6.79. The van der Waals surface area contributed by atoms with Crippen LogP contribution in [0.2, 0.25) is 0 Å². The van der Waals surface area contributed by atoms with E-state index in [2.05, 4.69) is 26.8 Å². The molecule has 0 aliphatic heterocycles. The van der Waals surface area contributed by atoms with Gasteiger partial charge in [0, 0.05) is 10.9 Å². The molecule has 26 heavy (non-hydrogen) atoms. The van der Waals surface area contributed by atoms with Crippen LogP contribution in [0.1, 0.15) is 36.7 Å². The molecule has 0 fully saturated rings. The van der Waals surface area contributed by atoms with Crippen LogP contribution in [0, 0.1) is 0 Å². The zero-order valence-electron chi connectivity index (χ0n) is 15.8. The van der Waals surface area contributed by atoms with Gasteiger partial charge in [0.05, 0.1) is 31.0 Å². The lowest BCUT2D eigenvalue weighted by molar-refractivity contribution is 0.0600. The Hall–Kier alpha value is -2.88. The molecule has 4 heteroatoms. The van der Waals surface area contributed by atoms with Crippen LogP contribution in [0.25, 0.3) is 22.2 Å². The first-order valence-electron chi connectivity index (χ1n) is 8.52. The molecule has 0 aliphatic rings. The number of pyridine rings is 1. The lowest BCUT2D eigenvalue weighted by atomic mass is 9.81. The number of methoxy groups -OCH3 is 2. The van der Waals surface area contributed by atoms with Crippen molar-refractivity contribution in [1.82, 2.24) is 4.98 Å². The highest BCUT2D eigenvalue weighted by Gasteiger charge is 2.25. The number of hydrogen-bond donors (Lipinski definition) is 0. The minimum absolute atomic E-state index is 0.208. The summed E-state index contributed by atoms with van der Waals surface area (Å²) in [4.78, 5) is 16.9. The van der Waals surface area contributed by atoms with Gasteiger partial charge in [-0.3, -0.25) is 0 Å². The van der Waals surface area contributed by atoms with Gasteiger partial charge in [-0.2, -0.15) is 0 Å². The number of nitrogens with zero attached hydrogens (tertiary/aromatic N) is 1. The van der Waals surface area contributed by atoms with Crippen LogP contribution in [0.5, 0.6) is 5.75 Å². The second-order valence-corrected chi connectivity index (χ2v) is 7.23. The summed E-state index contributed by atoms with van der Waals surface area (Å²) in [7, 11) is 2.98. The van der Waals surface area contributed by atoms with Crippen LogP contribution in [-0.2, 0) is 10.2 Å². The summed E-state index contributed by atoms with van der Waals surface area (Å²) in [5.74, 6) is 0.229. The van der Waals surface area contributed by atoms with Gasteiger partial charge in [0.2, 0.25) is 0 Å². The average molecular weight is 349 g/mol. The van der Waals surface area contributed by atoms with Crippen LogP contribution >= 0.6 is 0 Å². The molecule has 0 amide bonds. The predicted molar refractivity (Wildman–Crippen MR) is 104 cm³/mol. The Kier molecular flexibility index (Phi) is 4.68. The maximum absolute atomic E-state index is 12.1. The van der Waals surface area contributed by atoms with Gasteiger partial charge in [-0.25, -0.2) is 9.78 Å². The minimum atomic E-state index is -0.383.